The number of esters is 1. The molecule has 1 heterocycles. The van der Waals surface area contributed by atoms with Crippen LogP contribution in [0.3, 0.4) is 0 Å². The summed E-state index contributed by atoms with van der Waals surface area (Å²) in [6.07, 6.45) is 6.29. The lowest BCUT2D eigenvalue weighted by atomic mass is 10.2. The van der Waals surface area contributed by atoms with Gasteiger partial charge in [0.15, 0.2) is 5.13 Å². The molecule has 6 nitrogen and oxygen atoms in total. The highest BCUT2D eigenvalue weighted by atomic mass is 32.1. The Balaban J connectivity index is 1.71. The van der Waals surface area contributed by atoms with Gasteiger partial charge in [0.05, 0.1) is 12.8 Å². The molecule has 1 fully saturated rings. The molecule has 2 rings (SSSR count). The molecule has 0 radical (unpaired) electrons. The molecule has 0 aliphatic heterocycles. The number of carbonyl (C=O) groups excluding carboxylic acids is 2. The summed E-state index contributed by atoms with van der Waals surface area (Å²) in [6.45, 7) is 0. The zero-order valence-electron chi connectivity index (χ0n) is 12.2. The maximum atomic E-state index is 11.8. The molecule has 1 aromatic rings. The number of nitrogens with one attached hydrogen (secondary N) is 2. The Morgan fingerprint density at radius 3 is 2.90 bits per heavy atom. The van der Waals surface area contributed by atoms with E-state index in [2.05, 4.69) is 20.4 Å². The number of urea groups is 1. The van der Waals surface area contributed by atoms with Crippen LogP contribution in [0, 0.1) is 0 Å². The average Bonchev–Trinajstić information content (AvgIpc) is 3.10. The van der Waals surface area contributed by atoms with Crippen molar-refractivity contribution in [2.45, 2.75) is 51.0 Å². The summed E-state index contributed by atoms with van der Waals surface area (Å²) in [7, 11) is 1.39. The lowest BCUT2D eigenvalue weighted by Gasteiger charge is -2.11. The van der Waals surface area contributed by atoms with E-state index in [1.807, 2.05) is 5.38 Å². The zero-order chi connectivity index (χ0) is 15.1. The number of amides is 2. The number of aryl methyl sites for hydroxylation is 1. The van der Waals surface area contributed by atoms with Crippen molar-refractivity contribution in [2.75, 3.05) is 12.4 Å². The Kier molecular flexibility index (Phi) is 5.98. The third-order valence-electron chi connectivity index (χ3n) is 3.50. The van der Waals surface area contributed by atoms with Gasteiger partial charge in [-0.2, -0.15) is 0 Å². The van der Waals surface area contributed by atoms with Crippen LogP contribution < -0.4 is 10.6 Å². The summed E-state index contributed by atoms with van der Waals surface area (Å²) in [6, 6.07) is 0.113. The van der Waals surface area contributed by atoms with Gasteiger partial charge in [-0.3, -0.25) is 10.1 Å². The second-order valence-electron chi connectivity index (χ2n) is 5.15. The van der Waals surface area contributed by atoms with Gasteiger partial charge >= 0.3 is 12.0 Å². The first-order valence-corrected chi connectivity index (χ1v) is 8.14. The number of thiazole rings is 1. The number of methoxy groups -OCH3 is 1. The minimum atomic E-state index is -0.209. The fourth-order valence-electron chi connectivity index (χ4n) is 2.38. The van der Waals surface area contributed by atoms with Gasteiger partial charge in [-0.25, -0.2) is 9.78 Å². The van der Waals surface area contributed by atoms with Crippen molar-refractivity contribution in [1.29, 1.82) is 0 Å². The number of hydrogen-bond donors (Lipinski definition) is 2. The Morgan fingerprint density at radius 2 is 2.19 bits per heavy atom. The second-order valence-corrected chi connectivity index (χ2v) is 6.01. The number of anilines is 1. The van der Waals surface area contributed by atoms with E-state index in [4.69, 9.17) is 0 Å². The largest absolute Gasteiger partial charge is 0.469 e. The molecule has 1 aromatic heterocycles. The Labute approximate surface area is 128 Å². The molecule has 2 N–H and O–H groups in total. The van der Waals surface area contributed by atoms with Gasteiger partial charge in [0.2, 0.25) is 0 Å². The molecule has 0 spiro atoms. The van der Waals surface area contributed by atoms with Crippen LogP contribution in [0.5, 0.6) is 0 Å². The molecule has 7 heteroatoms. The maximum Gasteiger partial charge on any atom is 0.321 e. The highest BCUT2D eigenvalue weighted by molar-refractivity contribution is 7.13. The summed E-state index contributed by atoms with van der Waals surface area (Å²) in [5, 5.41) is 8.22. The van der Waals surface area contributed by atoms with Gasteiger partial charge in [0, 0.05) is 17.8 Å². The molecule has 0 saturated heterocycles. The minimum Gasteiger partial charge on any atom is -0.469 e. The number of rotatable bonds is 6. The molecule has 2 amide bonds. The number of carbonyl (C=O) groups is 2. The first-order valence-electron chi connectivity index (χ1n) is 7.26. The van der Waals surface area contributed by atoms with Gasteiger partial charge in [-0.05, 0) is 25.7 Å². The van der Waals surface area contributed by atoms with E-state index in [-0.39, 0.29) is 12.0 Å². The molecular formula is C14H21N3O3S. The van der Waals surface area contributed by atoms with Gasteiger partial charge in [-0.15, -0.1) is 11.3 Å². The van der Waals surface area contributed by atoms with Crippen molar-refractivity contribution < 1.29 is 14.3 Å². The normalized spacial score (nSPS) is 14.9. The molecule has 0 atom stereocenters. The van der Waals surface area contributed by atoms with Gasteiger partial charge in [-0.1, -0.05) is 12.8 Å². The van der Waals surface area contributed by atoms with Crippen molar-refractivity contribution in [3.05, 3.63) is 11.1 Å². The smallest absolute Gasteiger partial charge is 0.321 e. The van der Waals surface area contributed by atoms with Gasteiger partial charge in [0.1, 0.15) is 0 Å². The van der Waals surface area contributed by atoms with Crippen molar-refractivity contribution in [3.63, 3.8) is 0 Å². The lowest BCUT2D eigenvalue weighted by Crippen LogP contribution is -2.36. The monoisotopic (exact) mass is 311 g/mol. The van der Waals surface area contributed by atoms with Crippen LogP contribution in [-0.2, 0) is 16.0 Å². The van der Waals surface area contributed by atoms with Crippen LogP contribution in [0.1, 0.15) is 44.2 Å². The lowest BCUT2D eigenvalue weighted by molar-refractivity contribution is -0.140. The van der Waals surface area contributed by atoms with Crippen molar-refractivity contribution in [2.24, 2.45) is 0 Å². The fourth-order valence-corrected chi connectivity index (χ4v) is 3.12. The molecule has 1 aliphatic rings. The van der Waals surface area contributed by atoms with E-state index in [9.17, 15) is 9.59 Å². The minimum absolute atomic E-state index is 0.183. The average molecular weight is 311 g/mol. The Bertz CT molecular complexity index is 484. The van der Waals surface area contributed by atoms with Crippen LogP contribution in [-0.4, -0.2) is 30.1 Å². The van der Waals surface area contributed by atoms with Crippen LogP contribution >= 0.6 is 11.3 Å². The van der Waals surface area contributed by atoms with E-state index < -0.39 is 0 Å². The van der Waals surface area contributed by atoms with E-state index in [1.165, 1.54) is 31.3 Å². The van der Waals surface area contributed by atoms with E-state index in [1.54, 1.807) is 0 Å². The number of nitrogens with zero attached hydrogens (tertiary/aromatic N) is 1. The van der Waals surface area contributed by atoms with E-state index in [0.717, 1.165) is 18.5 Å². The molecule has 0 aromatic carbocycles. The fraction of sp³-hybridized carbons (Fsp3) is 0.643. The van der Waals surface area contributed by atoms with Crippen LogP contribution in [0.2, 0.25) is 0 Å². The molecule has 0 unspecified atom stereocenters. The molecule has 116 valence electrons. The molecule has 21 heavy (non-hydrogen) atoms. The predicted octanol–water partition coefficient (Wildman–Crippen LogP) is 2.70. The Morgan fingerprint density at radius 1 is 1.43 bits per heavy atom. The quantitative estimate of drug-likeness (QED) is 0.792. The number of aromatic nitrogens is 1. The van der Waals surface area contributed by atoms with Crippen molar-refractivity contribution in [1.82, 2.24) is 10.3 Å². The highest BCUT2D eigenvalue weighted by Crippen LogP contribution is 2.19. The summed E-state index contributed by atoms with van der Waals surface area (Å²) >= 11 is 1.40. The van der Waals surface area contributed by atoms with Crippen LogP contribution in [0.4, 0.5) is 9.93 Å². The zero-order valence-corrected chi connectivity index (χ0v) is 13.0. The SMILES string of the molecule is COC(=O)CCCc1csc(NC(=O)NC2CCCC2)n1. The van der Waals surface area contributed by atoms with Gasteiger partial charge in [0.25, 0.3) is 0 Å². The van der Waals surface area contributed by atoms with Crippen LogP contribution in [0.15, 0.2) is 5.38 Å². The third-order valence-corrected chi connectivity index (χ3v) is 4.31. The van der Waals surface area contributed by atoms with E-state index >= 15 is 0 Å². The number of ether oxygens (including phenoxy) is 1. The van der Waals surface area contributed by atoms with Gasteiger partial charge < -0.3 is 10.1 Å². The summed E-state index contributed by atoms with van der Waals surface area (Å²) in [5.41, 5.74) is 0.889. The maximum absolute atomic E-state index is 11.8. The summed E-state index contributed by atoms with van der Waals surface area (Å²) < 4.78 is 4.59. The topological polar surface area (TPSA) is 80.3 Å². The first-order chi connectivity index (χ1) is 10.2. The van der Waals surface area contributed by atoms with Crippen molar-refractivity contribution >= 4 is 28.5 Å². The summed E-state index contributed by atoms with van der Waals surface area (Å²) in [4.78, 5) is 27.2. The first kappa shape index (κ1) is 15.8. The third kappa shape index (κ3) is 5.34. The molecular weight excluding hydrogens is 290 g/mol. The number of hydrogen-bond acceptors (Lipinski definition) is 5. The Hall–Kier alpha value is -1.63. The molecule has 0 bridgehead atoms. The van der Waals surface area contributed by atoms with Crippen molar-refractivity contribution in [3.8, 4) is 0 Å². The molecule has 1 saturated carbocycles. The predicted molar refractivity (Wildman–Crippen MR) is 81.5 cm³/mol. The van der Waals surface area contributed by atoms with Crippen LogP contribution in [0.25, 0.3) is 0 Å². The molecule has 1 aliphatic carbocycles. The summed E-state index contributed by atoms with van der Waals surface area (Å²) in [5.74, 6) is -0.209. The standard InChI is InChI=1S/C14H21N3O3S/c1-20-12(18)8-4-7-11-9-21-14(16-11)17-13(19)15-10-5-2-3-6-10/h9-10H,2-8H2,1H3,(H2,15,16,17,19). The van der Waals surface area contributed by atoms with E-state index in [0.29, 0.717) is 30.4 Å². The second kappa shape index (κ2) is 7.97. The highest BCUT2D eigenvalue weighted by Gasteiger charge is 2.17.